The lowest BCUT2D eigenvalue weighted by Gasteiger charge is -2.66. The predicted octanol–water partition coefficient (Wildman–Crippen LogP) is 2.57. The maximum absolute atomic E-state index is 11.2. The Hall–Kier alpha value is -1.68. The van der Waals surface area contributed by atoms with Crippen LogP contribution in [0, 0.1) is 0 Å². The van der Waals surface area contributed by atoms with Gasteiger partial charge in [-0.25, -0.2) is 10.4 Å². The predicted molar refractivity (Wildman–Crippen MR) is 89.7 cm³/mol. The molecule has 2 unspecified atom stereocenters. The molecule has 2 atom stereocenters. The topological polar surface area (TPSA) is 35.5 Å². The van der Waals surface area contributed by atoms with Gasteiger partial charge in [0.05, 0.1) is 0 Å². The molecule has 118 valence electrons. The molecule has 4 aliphatic rings. The summed E-state index contributed by atoms with van der Waals surface area (Å²) in [5.74, 6) is 0. The molecule has 3 heterocycles. The van der Waals surface area contributed by atoms with Crippen molar-refractivity contribution in [2.75, 3.05) is 13.1 Å². The zero-order valence-electron chi connectivity index (χ0n) is 13.2. The van der Waals surface area contributed by atoms with Crippen LogP contribution in [0.15, 0.2) is 60.7 Å². The SMILES string of the molecule is OC12CC3(c4ccccc4)CN(CC(c4ccccc4)(C1)C3)N2. The molecule has 2 N–H and O–H groups in total. The van der Waals surface area contributed by atoms with Crippen LogP contribution >= 0.6 is 0 Å². The molecule has 4 fully saturated rings. The van der Waals surface area contributed by atoms with Gasteiger partial charge >= 0.3 is 0 Å². The zero-order chi connectivity index (χ0) is 15.5. The Bertz CT molecular complexity index is 674. The third kappa shape index (κ3) is 1.94. The van der Waals surface area contributed by atoms with E-state index in [9.17, 15) is 5.11 Å². The molecule has 1 aliphatic carbocycles. The van der Waals surface area contributed by atoms with E-state index >= 15 is 0 Å². The minimum absolute atomic E-state index is 0.0353. The molecule has 3 nitrogen and oxygen atoms in total. The minimum Gasteiger partial charge on any atom is -0.375 e. The molecule has 3 heteroatoms. The third-order valence-corrected chi connectivity index (χ3v) is 6.06. The molecule has 3 saturated heterocycles. The van der Waals surface area contributed by atoms with Crippen LogP contribution in [0.25, 0.3) is 0 Å². The van der Waals surface area contributed by atoms with E-state index in [1.165, 1.54) is 11.1 Å². The summed E-state index contributed by atoms with van der Waals surface area (Å²) in [5, 5.41) is 13.5. The maximum atomic E-state index is 11.2. The Morgan fingerprint density at radius 1 is 0.739 bits per heavy atom. The average Bonchev–Trinajstić information content (AvgIpc) is 2.54. The number of nitrogens with zero attached hydrogens (tertiary/aromatic N) is 1. The number of hydrazine groups is 1. The smallest absolute Gasteiger partial charge is 0.130 e. The number of rotatable bonds is 2. The Balaban J connectivity index is 1.66. The van der Waals surface area contributed by atoms with Gasteiger partial charge in [-0.15, -0.1) is 0 Å². The molecule has 0 amide bonds. The number of aliphatic hydroxyl groups is 1. The Labute approximate surface area is 136 Å². The summed E-state index contributed by atoms with van der Waals surface area (Å²) in [6, 6.07) is 21.6. The molecular weight excluding hydrogens is 284 g/mol. The molecule has 23 heavy (non-hydrogen) atoms. The molecule has 0 spiro atoms. The standard InChI is InChI=1S/C20H22N2O/c23-20-12-18(16-7-3-1-4-8-16)11-19(13-20,15-22(14-18)21-20)17-9-5-2-6-10-17/h1-10,21,23H,11-15H2. The Morgan fingerprint density at radius 3 is 1.65 bits per heavy atom. The van der Waals surface area contributed by atoms with Crippen molar-refractivity contribution in [2.45, 2.75) is 35.8 Å². The van der Waals surface area contributed by atoms with Gasteiger partial charge in [0, 0.05) is 36.8 Å². The molecule has 4 bridgehead atoms. The molecule has 0 radical (unpaired) electrons. The summed E-state index contributed by atoms with van der Waals surface area (Å²) in [6.45, 7) is 1.96. The quantitative estimate of drug-likeness (QED) is 0.895. The van der Waals surface area contributed by atoms with E-state index in [4.69, 9.17) is 0 Å². The van der Waals surface area contributed by atoms with Crippen LogP contribution in [-0.2, 0) is 10.8 Å². The lowest BCUT2D eigenvalue weighted by Crippen LogP contribution is -2.78. The van der Waals surface area contributed by atoms with Crippen molar-refractivity contribution >= 4 is 0 Å². The first-order chi connectivity index (χ1) is 11.1. The first-order valence-corrected chi connectivity index (χ1v) is 8.48. The summed E-state index contributed by atoms with van der Waals surface area (Å²) in [7, 11) is 0. The summed E-state index contributed by atoms with van der Waals surface area (Å²) in [6.07, 6.45) is 2.72. The highest BCUT2D eigenvalue weighted by Gasteiger charge is 2.63. The summed E-state index contributed by atoms with van der Waals surface area (Å²) < 4.78 is 0. The van der Waals surface area contributed by atoms with Crippen LogP contribution < -0.4 is 5.43 Å². The largest absolute Gasteiger partial charge is 0.375 e. The van der Waals surface area contributed by atoms with E-state index in [0.29, 0.717) is 0 Å². The minimum atomic E-state index is -0.791. The van der Waals surface area contributed by atoms with Crippen molar-refractivity contribution in [3.05, 3.63) is 71.8 Å². The number of benzene rings is 2. The fourth-order valence-corrected chi connectivity index (χ4v) is 5.59. The van der Waals surface area contributed by atoms with Crippen molar-refractivity contribution in [2.24, 2.45) is 0 Å². The molecule has 2 aromatic carbocycles. The first-order valence-electron chi connectivity index (χ1n) is 8.48. The van der Waals surface area contributed by atoms with Gasteiger partial charge in [-0.2, -0.15) is 0 Å². The summed E-state index contributed by atoms with van der Waals surface area (Å²) in [5.41, 5.74) is 5.38. The summed E-state index contributed by atoms with van der Waals surface area (Å²) >= 11 is 0. The van der Waals surface area contributed by atoms with Gasteiger partial charge in [0.1, 0.15) is 5.72 Å². The van der Waals surface area contributed by atoms with E-state index < -0.39 is 5.72 Å². The molecule has 3 aliphatic heterocycles. The van der Waals surface area contributed by atoms with Crippen LogP contribution in [-0.4, -0.2) is 28.9 Å². The van der Waals surface area contributed by atoms with Crippen molar-refractivity contribution in [3.8, 4) is 0 Å². The van der Waals surface area contributed by atoms with E-state index in [1.807, 2.05) is 0 Å². The van der Waals surface area contributed by atoms with Crippen molar-refractivity contribution in [3.63, 3.8) is 0 Å². The maximum Gasteiger partial charge on any atom is 0.130 e. The second-order valence-electron chi connectivity index (χ2n) is 7.82. The second-order valence-corrected chi connectivity index (χ2v) is 7.82. The lowest BCUT2D eigenvalue weighted by molar-refractivity contribution is -0.214. The van der Waals surface area contributed by atoms with Crippen LogP contribution in [0.4, 0.5) is 0 Å². The first kappa shape index (κ1) is 13.7. The number of hydrogen-bond acceptors (Lipinski definition) is 3. The average molecular weight is 306 g/mol. The van der Waals surface area contributed by atoms with Crippen LogP contribution in [0.5, 0.6) is 0 Å². The van der Waals surface area contributed by atoms with E-state index in [0.717, 1.165) is 32.4 Å². The van der Waals surface area contributed by atoms with Gasteiger partial charge in [0.2, 0.25) is 0 Å². The Morgan fingerprint density at radius 2 is 1.22 bits per heavy atom. The molecule has 0 aromatic heterocycles. The number of piperidine rings is 1. The van der Waals surface area contributed by atoms with Crippen molar-refractivity contribution in [1.82, 2.24) is 10.4 Å². The van der Waals surface area contributed by atoms with Gasteiger partial charge in [0.15, 0.2) is 0 Å². The third-order valence-electron chi connectivity index (χ3n) is 6.06. The van der Waals surface area contributed by atoms with Crippen molar-refractivity contribution in [1.29, 1.82) is 0 Å². The number of hydrogen-bond donors (Lipinski definition) is 2. The second kappa shape index (κ2) is 4.44. The van der Waals surface area contributed by atoms with Gasteiger partial charge in [-0.1, -0.05) is 60.7 Å². The van der Waals surface area contributed by atoms with Gasteiger partial charge in [-0.05, 0) is 17.5 Å². The molecule has 2 aromatic rings. The highest BCUT2D eigenvalue weighted by atomic mass is 16.3. The fraction of sp³-hybridized carbons (Fsp3) is 0.400. The monoisotopic (exact) mass is 306 g/mol. The van der Waals surface area contributed by atoms with Crippen LogP contribution in [0.3, 0.4) is 0 Å². The van der Waals surface area contributed by atoms with E-state index in [1.54, 1.807) is 0 Å². The van der Waals surface area contributed by atoms with Gasteiger partial charge in [-0.3, -0.25) is 0 Å². The fourth-order valence-electron chi connectivity index (χ4n) is 5.59. The summed E-state index contributed by atoms with van der Waals surface area (Å²) in [4.78, 5) is 0. The van der Waals surface area contributed by atoms with Crippen LogP contribution in [0.2, 0.25) is 0 Å². The van der Waals surface area contributed by atoms with Gasteiger partial charge < -0.3 is 5.11 Å². The lowest BCUT2D eigenvalue weighted by atomic mass is 9.51. The zero-order valence-corrected chi connectivity index (χ0v) is 13.2. The van der Waals surface area contributed by atoms with Crippen LogP contribution in [0.1, 0.15) is 30.4 Å². The Kier molecular flexibility index (Phi) is 2.65. The van der Waals surface area contributed by atoms with E-state index in [2.05, 4.69) is 71.1 Å². The highest BCUT2D eigenvalue weighted by Crippen LogP contribution is 2.58. The van der Waals surface area contributed by atoms with E-state index in [-0.39, 0.29) is 10.8 Å². The highest BCUT2D eigenvalue weighted by molar-refractivity contribution is 5.38. The molecule has 1 saturated carbocycles. The normalized spacial score (nSPS) is 41.2. The molecule has 6 rings (SSSR count). The molecular formula is C20H22N2O. The van der Waals surface area contributed by atoms with Crippen molar-refractivity contribution < 1.29 is 5.11 Å². The number of nitrogens with one attached hydrogen (secondary N) is 1. The van der Waals surface area contributed by atoms with Gasteiger partial charge in [0.25, 0.3) is 0 Å².